The van der Waals surface area contributed by atoms with E-state index in [1.165, 1.54) is 0 Å². The second-order valence-electron chi connectivity index (χ2n) is 3.52. The van der Waals surface area contributed by atoms with Crippen molar-refractivity contribution in [2.75, 3.05) is 0 Å². The number of benzene rings is 1. The van der Waals surface area contributed by atoms with Crippen LogP contribution in [0.15, 0.2) is 24.3 Å². The van der Waals surface area contributed by atoms with Crippen molar-refractivity contribution >= 4 is 46.4 Å². The Morgan fingerprint density at radius 2 is 1.67 bits per heavy atom. The van der Waals surface area contributed by atoms with Gasteiger partial charge in [-0.2, -0.15) is 0 Å². The summed E-state index contributed by atoms with van der Waals surface area (Å²) in [5.74, 6) is 0. The molecular weight excluding hydrogens is 316 g/mol. The summed E-state index contributed by atoms with van der Waals surface area (Å²) in [6, 6.07) is 6.59. The Morgan fingerprint density at radius 3 is 2.33 bits per heavy atom. The van der Waals surface area contributed by atoms with Crippen LogP contribution >= 0.6 is 46.4 Å². The molecule has 0 saturated heterocycles. The summed E-state index contributed by atoms with van der Waals surface area (Å²) in [5.41, 5.74) is 1.69. The summed E-state index contributed by atoms with van der Waals surface area (Å²) in [5, 5.41) is 10.5. The Morgan fingerprint density at radius 1 is 0.944 bits per heavy atom. The maximum Gasteiger partial charge on any atom is 0.129 e. The van der Waals surface area contributed by atoms with E-state index in [2.05, 4.69) is 4.98 Å². The molecule has 0 aliphatic rings. The molecule has 2 aromatic rings. The number of halogens is 4. The number of aromatic nitrogens is 1. The molecule has 0 aliphatic carbocycles. The Labute approximate surface area is 124 Å². The summed E-state index contributed by atoms with van der Waals surface area (Å²) in [7, 11) is 0. The van der Waals surface area contributed by atoms with Gasteiger partial charge in [0.15, 0.2) is 0 Å². The zero-order valence-electron chi connectivity index (χ0n) is 8.92. The van der Waals surface area contributed by atoms with E-state index in [9.17, 15) is 5.11 Å². The van der Waals surface area contributed by atoms with E-state index in [-0.39, 0.29) is 16.7 Å². The Kier molecular flexibility index (Phi) is 4.36. The predicted octanol–water partition coefficient (Wildman–Crippen LogP) is 4.85. The van der Waals surface area contributed by atoms with Crippen LogP contribution in [0.4, 0.5) is 0 Å². The topological polar surface area (TPSA) is 33.1 Å². The molecule has 0 atom stereocenters. The number of hydrogen-bond acceptors (Lipinski definition) is 2. The van der Waals surface area contributed by atoms with Crippen molar-refractivity contribution in [3.05, 3.63) is 50.0 Å². The Hall–Kier alpha value is -0.510. The molecule has 2 rings (SSSR count). The van der Waals surface area contributed by atoms with Crippen LogP contribution in [0.1, 0.15) is 5.56 Å². The molecule has 1 heterocycles. The van der Waals surface area contributed by atoms with Crippen LogP contribution in [0.2, 0.25) is 20.2 Å². The monoisotopic (exact) mass is 321 g/mol. The molecule has 0 aliphatic heterocycles. The van der Waals surface area contributed by atoms with E-state index in [0.29, 0.717) is 27.0 Å². The van der Waals surface area contributed by atoms with Crippen LogP contribution in [0.5, 0.6) is 0 Å². The lowest BCUT2D eigenvalue weighted by Gasteiger charge is -2.10. The lowest BCUT2D eigenvalue weighted by Crippen LogP contribution is -1.94. The molecular formula is C12H7Cl4NO. The van der Waals surface area contributed by atoms with Crippen molar-refractivity contribution in [2.45, 2.75) is 6.61 Å². The van der Waals surface area contributed by atoms with Gasteiger partial charge in [0, 0.05) is 11.1 Å². The molecule has 2 nitrogen and oxygen atoms in total. The standard InChI is InChI=1S/C12H7Cl4NO/c13-8-3-2-7(10(15)11(8)16)12-6(5-18)1-4-9(14)17-12/h1-4,18H,5H2. The van der Waals surface area contributed by atoms with E-state index in [1.54, 1.807) is 24.3 Å². The van der Waals surface area contributed by atoms with Gasteiger partial charge in [-0.1, -0.05) is 52.5 Å². The van der Waals surface area contributed by atoms with E-state index in [1.807, 2.05) is 0 Å². The fraction of sp³-hybridized carbons (Fsp3) is 0.0833. The fourth-order valence-corrected chi connectivity index (χ4v) is 2.31. The van der Waals surface area contributed by atoms with Gasteiger partial charge in [0.1, 0.15) is 5.15 Å². The van der Waals surface area contributed by atoms with Crippen molar-refractivity contribution in [1.82, 2.24) is 4.98 Å². The predicted molar refractivity (Wildman–Crippen MR) is 75.6 cm³/mol. The van der Waals surface area contributed by atoms with Gasteiger partial charge in [-0.05, 0) is 18.2 Å². The van der Waals surface area contributed by atoms with Gasteiger partial charge in [-0.15, -0.1) is 0 Å². The minimum Gasteiger partial charge on any atom is -0.392 e. The summed E-state index contributed by atoms with van der Waals surface area (Å²) in [6.45, 7) is -0.171. The average Bonchev–Trinajstić information content (AvgIpc) is 2.36. The van der Waals surface area contributed by atoms with Crippen molar-refractivity contribution in [2.24, 2.45) is 0 Å². The highest BCUT2D eigenvalue weighted by Gasteiger charge is 2.14. The highest BCUT2D eigenvalue weighted by molar-refractivity contribution is 6.49. The maximum atomic E-state index is 9.30. The molecule has 0 fully saturated rings. The third-order valence-corrected chi connectivity index (χ3v) is 3.91. The molecule has 0 amide bonds. The number of aliphatic hydroxyl groups is 1. The third kappa shape index (κ3) is 2.58. The second kappa shape index (κ2) is 5.64. The molecule has 1 N–H and O–H groups in total. The molecule has 6 heteroatoms. The lowest BCUT2D eigenvalue weighted by molar-refractivity contribution is 0.282. The number of rotatable bonds is 2. The van der Waals surface area contributed by atoms with Crippen LogP contribution in [0.25, 0.3) is 11.3 Å². The van der Waals surface area contributed by atoms with Crippen molar-refractivity contribution in [1.29, 1.82) is 0 Å². The van der Waals surface area contributed by atoms with Crippen LogP contribution in [-0.2, 0) is 6.61 Å². The SMILES string of the molecule is OCc1ccc(Cl)nc1-c1ccc(Cl)c(Cl)c1Cl. The number of hydrogen-bond donors (Lipinski definition) is 1. The van der Waals surface area contributed by atoms with Gasteiger partial charge in [0.2, 0.25) is 0 Å². The molecule has 18 heavy (non-hydrogen) atoms. The minimum absolute atomic E-state index is 0.171. The molecule has 0 saturated carbocycles. The molecule has 1 aromatic carbocycles. The first-order valence-corrected chi connectivity index (χ1v) is 6.46. The average molecular weight is 323 g/mol. The summed E-state index contributed by atoms with van der Waals surface area (Å²) in [4.78, 5) is 4.17. The molecule has 0 unspecified atom stereocenters. The van der Waals surface area contributed by atoms with Gasteiger partial charge in [-0.3, -0.25) is 0 Å². The van der Waals surface area contributed by atoms with Crippen molar-refractivity contribution in [3.63, 3.8) is 0 Å². The van der Waals surface area contributed by atoms with Gasteiger partial charge >= 0.3 is 0 Å². The van der Waals surface area contributed by atoms with Crippen molar-refractivity contribution < 1.29 is 5.11 Å². The van der Waals surface area contributed by atoms with E-state index >= 15 is 0 Å². The van der Waals surface area contributed by atoms with Crippen LogP contribution in [0, 0.1) is 0 Å². The van der Waals surface area contributed by atoms with Crippen LogP contribution < -0.4 is 0 Å². The summed E-state index contributed by atoms with van der Waals surface area (Å²) in [6.07, 6.45) is 0. The molecule has 94 valence electrons. The maximum absolute atomic E-state index is 9.30. The first kappa shape index (κ1) is 13.9. The quantitative estimate of drug-likeness (QED) is 0.633. The first-order valence-electron chi connectivity index (χ1n) is 4.94. The first-order chi connectivity index (χ1) is 8.54. The molecule has 1 aromatic heterocycles. The largest absolute Gasteiger partial charge is 0.392 e. The molecule has 0 bridgehead atoms. The zero-order valence-corrected chi connectivity index (χ0v) is 11.9. The summed E-state index contributed by atoms with van der Waals surface area (Å²) >= 11 is 23.8. The van der Waals surface area contributed by atoms with Gasteiger partial charge in [-0.25, -0.2) is 4.98 Å². The van der Waals surface area contributed by atoms with Gasteiger partial charge in [0.05, 0.1) is 27.4 Å². The molecule has 0 spiro atoms. The van der Waals surface area contributed by atoms with Gasteiger partial charge in [0.25, 0.3) is 0 Å². The Balaban J connectivity index is 2.69. The highest BCUT2D eigenvalue weighted by atomic mass is 35.5. The van der Waals surface area contributed by atoms with E-state index in [0.717, 1.165) is 0 Å². The summed E-state index contributed by atoms with van der Waals surface area (Å²) < 4.78 is 0. The number of pyridine rings is 1. The zero-order chi connectivity index (χ0) is 13.3. The normalized spacial score (nSPS) is 10.7. The van der Waals surface area contributed by atoms with Gasteiger partial charge < -0.3 is 5.11 Å². The van der Waals surface area contributed by atoms with Crippen LogP contribution in [-0.4, -0.2) is 10.1 Å². The van der Waals surface area contributed by atoms with Crippen LogP contribution in [0.3, 0.4) is 0 Å². The molecule has 0 radical (unpaired) electrons. The minimum atomic E-state index is -0.171. The fourth-order valence-electron chi connectivity index (χ4n) is 1.53. The van der Waals surface area contributed by atoms with Crippen molar-refractivity contribution in [3.8, 4) is 11.3 Å². The highest BCUT2D eigenvalue weighted by Crippen LogP contribution is 2.38. The second-order valence-corrected chi connectivity index (χ2v) is 5.07. The Bertz CT molecular complexity index is 601. The number of aliphatic hydroxyl groups excluding tert-OH is 1. The lowest BCUT2D eigenvalue weighted by atomic mass is 10.1. The smallest absolute Gasteiger partial charge is 0.129 e. The number of nitrogens with zero attached hydrogens (tertiary/aromatic N) is 1. The van der Waals surface area contributed by atoms with E-state index < -0.39 is 0 Å². The van der Waals surface area contributed by atoms with E-state index in [4.69, 9.17) is 46.4 Å². The third-order valence-electron chi connectivity index (χ3n) is 2.41.